The summed E-state index contributed by atoms with van der Waals surface area (Å²) in [4.78, 5) is 23.0. The summed E-state index contributed by atoms with van der Waals surface area (Å²) >= 11 is 3.24. The van der Waals surface area contributed by atoms with Gasteiger partial charge in [-0.1, -0.05) is 15.9 Å². The van der Waals surface area contributed by atoms with Gasteiger partial charge >= 0.3 is 12.0 Å². The minimum atomic E-state index is -1.11. The number of aryl methyl sites for hydroxylation is 1. The normalized spacial score (nSPS) is 10.2. The number of urea groups is 1. The molecule has 0 spiro atoms. The number of aromatic nitrogens is 2. The van der Waals surface area contributed by atoms with Crippen molar-refractivity contribution in [1.82, 2.24) is 9.78 Å². The zero-order valence-corrected chi connectivity index (χ0v) is 12.7. The average molecular weight is 353 g/mol. The summed E-state index contributed by atoms with van der Waals surface area (Å²) in [6.45, 7) is 2.62. The van der Waals surface area contributed by atoms with Gasteiger partial charge in [-0.2, -0.15) is 5.10 Å². The number of aromatic carboxylic acids is 1. The van der Waals surface area contributed by atoms with Crippen LogP contribution in [0, 0.1) is 0 Å². The molecule has 8 heteroatoms. The Morgan fingerprint density at radius 1 is 1.38 bits per heavy atom. The minimum Gasteiger partial charge on any atom is -0.478 e. The molecule has 0 saturated heterocycles. The van der Waals surface area contributed by atoms with Crippen molar-refractivity contribution in [2.24, 2.45) is 0 Å². The Morgan fingerprint density at radius 2 is 2.14 bits per heavy atom. The molecule has 0 saturated carbocycles. The number of amides is 2. The number of anilines is 2. The molecule has 2 amide bonds. The molecule has 0 bridgehead atoms. The molecule has 3 N–H and O–H groups in total. The molecule has 1 aromatic carbocycles. The topological polar surface area (TPSA) is 96.2 Å². The summed E-state index contributed by atoms with van der Waals surface area (Å²) in [6, 6.07) is 4.00. The van der Waals surface area contributed by atoms with Gasteiger partial charge in [0.15, 0.2) is 0 Å². The number of halogens is 1. The van der Waals surface area contributed by atoms with Gasteiger partial charge < -0.3 is 15.7 Å². The number of carboxylic acid groups (broad SMARTS) is 1. The van der Waals surface area contributed by atoms with E-state index in [9.17, 15) is 9.59 Å². The van der Waals surface area contributed by atoms with Gasteiger partial charge in [-0.3, -0.25) is 4.68 Å². The number of hydrogen-bond acceptors (Lipinski definition) is 3. The Kier molecular flexibility index (Phi) is 4.59. The van der Waals surface area contributed by atoms with Crippen LogP contribution in [0.1, 0.15) is 17.3 Å². The van der Waals surface area contributed by atoms with E-state index in [1.165, 1.54) is 18.3 Å². The van der Waals surface area contributed by atoms with Crippen LogP contribution in [0.5, 0.6) is 0 Å². The second-order valence-electron chi connectivity index (χ2n) is 4.16. The maximum absolute atomic E-state index is 11.9. The van der Waals surface area contributed by atoms with Crippen LogP contribution in [0.4, 0.5) is 16.2 Å². The number of rotatable bonds is 4. The highest BCUT2D eigenvalue weighted by atomic mass is 79.9. The van der Waals surface area contributed by atoms with E-state index in [-0.39, 0.29) is 11.3 Å². The summed E-state index contributed by atoms with van der Waals surface area (Å²) in [5, 5.41) is 18.2. The molecule has 0 fully saturated rings. The lowest BCUT2D eigenvalue weighted by Gasteiger charge is -2.09. The number of nitrogens with zero attached hydrogens (tertiary/aromatic N) is 2. The number of carboxylic acids is 1. The number of carbonyl (C=O) groups is 2. The van der Waals surface area contributed by atoms with Crippen molar-refractivity contribution in [3.63, 3.8) is 0 Å². The molecule has 2 aromatic rings. The standard InChI is InChI=1S/C13H13BrN4O3/c1-2-18-7-9(6-15-18)16-13(21)17-11-5-8(14)3-4-10(11)12(19)20/h3-7H,2H2,1H3,(H,19,20)(H2,16,17,21). The highest BCUT2D eigenvalue weighted by Crippen LogP contribution is 2.21. The quantitative estimate of drug-likeness (QED) is 0.787. The number of hydrogen-bond donors (Lipinski definition) is 3. The van der Waals surface area contributed by atoms with E-state index in [2.05, 4.69) is 31.7 Å². The first-order valence-electron chi connectivity index (χ1n) is 6.13. The number of benzene rings is 1. The Morgan fingerprint density at radius 3 is 2.76 bits per heavy atom. The van der Waals surface area contributed by atoms with Gasteiger partial charge in [-0.25, -0.2) is 9.59 Å². The second-order valence-corrected chi connectivity index (χ2v) is 5.07. The van der Waals surface area contributed by atoms with Crippen LogP contribution in [0.15, 0.2) is 35.1 Å². The fraction of sp³-hybridized carbons (Fsp3) is 0.154. The minimum absolute atomic E-state index is 0.0117. The predicted molar refractivity (Wildman–Crippen MR) is 81.6 cm³/mol. The van der Waals surface area contributed by atoms with Gasteiger partial charge in [0.1, 0.15) is 0 Å². The molecule has 1 aromatic heterocycles. The summed E-state index contributed by atoms with van der Waals surface area (Å²) in [5.74, 6) is -1.11. The first-order valence-corrected chi connectivity index (χ1v) is 6.92. The summed E-state index contributed by atoms with van der Waals surface area (Å²) in [5.41, 5.74) is 0.746. The second kappa shape index (κ2) is 6.40. The van der Waals surface area contributed by atoms with Gasteiger partial charge in [-0.15, -0.1) is 0 Å². The third-order valence-corrected chi connectivity index (χ3v) is 3.17. The Balaban J connectivity index is 2.12. The molecule has 7 nitrogen and oxygen atoms in total. The van der Waals surface area contributed by atoms with Crippen LogP contribution in [0.2, 0.25) is 0 Å². The smallest absolute Gasteiger partial charge is 0.337 e. The van der Waals surface area contributed by atoms with E-state index < -0.39 is 12.0 Å². The van der Waals surface area contributed by atoms with Crippen molar-refractivity contribution < 1.29 is 14.7 Å². The Bertz CT molecular complexity index is 684. The predicted octanol–water partition coefficient (Wildman–Crippen LogP) is 3.01. The van der Waals surface area contributed by atoms with Crippen LogP contribution in [0.25, 0.3) is 0 Å². The fourth-order valence-corrected chi connectivity index (χ4v) is 2.05. The van der Waals surface area contributed by atoms with E-state index in [0.717, 1.165) is 0 Å². The highest BCUT2D eigenvalue weighted by Gasteiger charge is 2.13. The van der Waals surface area contributed by atoms with Crippen molar-refractivity contribution in [3.05, 3.63) is 40.6 Å². The number of carbonyl (C=O) groups excluding carboxylic acids is 1. The third kappa shape index (κ3) is 3.82. The maximum Gasteiger partial charge on any atom is 0.337 e. The van der Waals surface area contributed by atoms with Crippen molar-refractivity contribution in [1.29, 1.82) is 0 Å². The zero-order valence-electron chi connectivity index (χ0n) is 11.1. The molecular weight excluding hydrogens is 340 g/mol. The highest BCUT2D eigenvalue weighted by molar-refractivity contribution is 9.10. The number of nitrogens with one attached hydrogen (secondary N) is 2. The van der Waals surface area contributed by atoms with Crippen LogP contribution in [-0.4, -0.2) is 26.9 Å². The van der Waals surface area contributed by atoms with Gasteiger partial charge in [-0.05, 0) is 25.1 Å². The molecular formula is C13H13BrN4O3. The van der Waals surface area contributed by atoms with Crippen molar-refractivity contribution in [2.45, 2.75) is 13.5 Å². The van der Waals surface area contributed by atoms with Crippen molar-refractivity contribution in [2.75, 3.05) is 10.6 Å². The van der Waals surface area contributed by atoms with Crippen LogP contribution < -0.4 is 10.6 Å². The molecule has 0 atom stereocenters. The first-order chi connectivity index (χ1) is 9.99. The SMILES string of the molecule is CCn1cc(NC(=O)Nc2cc(Br)ccc2C(=O)O)cn1. The van der Waals surface area contributed by atoms with E-state index in [1.54, 1.807) is 16.9 Å². The lowest BCUT2D eigenvalue weighted by atomic mass is 10.2. The van der Waals surface area contributed by atoms with Gasteiger partial charge in [0.25, 0.3) is 0 Å². The van der Waals surface area contributed by atoms with Crippen molar-refractivity contribution in [3.8, 4) is 0 Å². The maximum atomic E-state index is 11.9. The molecule has 0 aliphatic rings. The van der Waals surface area contributed by atoms with E-state index in [4.69, 9.17) is 5.11 Å². The molecule has 0 radical (unpaired) electrons. The molecule has 110 valence electrons. The summed E-state index contributed by atoms with van der Waals surface area (Å²) in [7, 11) is 0. The summed E-state index contributed by atoms with van der Waals surface area (Å²) in [6.07, 6.45) is 3.20. The van der Waals surface area contributed by atoms with E-state index in [0.29, 0.717) is 16.7 Å². The zero-order chi connectivity index (χ0) is 15.4. The summed E-state index contributed by atoms with van der Waals surface area (Å²) < 4.78 is 2.33. The molecule has 0 aliphatic carbocycles. The lowest BCUT2D eigenvalue weighted by molar-refractivity contribution is 0.0698. The van der Waals surface area contributed by atoms with E-state index in [1.807, 2.05) is 6.92 Å². The molecule has 21 heavy (non-hydrogen) atoms. The van der Waals surface area contributed by atoms with Crippen LogP contribution in [-0.2, 0) is 6.54 Å². The van der Waals surface area contributed by atoms with Gasteiger partial charge in [0.05, 0.1) is 23.1 Å². The lowest BCUT2D eigenvalue weighted by Crippen LogP contribution is -2.20. The Hall–Kier alpha value is -2.35. The largest absolute Gasteiger partial charge is 0.478 e. The first kappa shape index (κ1) is 15.0. The van der Waals surface area contributed by atoms with Gasteiger partial charge in [0, 0.05) is 17.2 Å². The van der Waals surface area contributed by atoms with Crippen molar-refractivity contribution >= 4 is 39.3 Å². The van der Waals surface area contributed by atoms with Crippen LogP contribution >= 0.6 is 15.9 Å². The van der Waals surface area contributed by atoms with Gasteiger partial charge in [0.2, 0.25) is 0 Å². The molecule has 1 heterocycles. The third-order valence-electron chi connectivity index (χ3n) is 2.68. The average Bonchev–Trinajstić information content (AvgIpc) is 2.85. The molecule has 0 unspecified atom stereocenters. The molecule has 0 aliphatic heterocycles. The molecule has 2 rings (SSSR count). The van der Waals surface area contributed by atoms with E-state index >= 15 is 0 Å². The van der Waals surface area contributed by atoms with Crippen LogP contribution in [0.3, 0.4) is 0 Å². The fourth-order valence-electron chi connectivity index (χ4n) is 1.69. The monoisotopic (exact) mass is 352 g/mol. The Labute approximate surface area is 129 Å².